The lowest BCUT2D eigenvalue weighted by Crippen LogP contribution is -2.05. The first-order valence-corrected chi connectivity index (χ1v) is 3.23. The number of nitrogens with two attached hydrogens (primary N) is 2. The highest BCUT2D eigenvalue weighted by Crippen LogP contribution is 1.94. The Labute approximate surface area is 61.9 Å². The van der Waals surface area contributed by atoms with Crippen molar-refractivity contribution in [1.82, 2.24) is 0 Å². The molecular formula is C8H14N2. The first kappa shape index (κ1) is 8.82. The van der Waals surface area contributed by atoms with Gasteiger partial charge in [0.2, 0.25) is 0 Å². The van der Waals surface area contributed by atoms with Crippen molar-refractivity contribution >= 4 is 0 Å². The molecule has 0 spiro atoms. The molecular weight excluding hydrogens is 124 g/mol. The fraction of sp³-hybridized carbons (Fsp3) is 0.250. The van der Waals surface area contributed by atoms with Gasteiger partial charge in [0.15, 0.2) is 0 Å². The third-order valence-electron chi connectivity index (χ3n) is 1.03. The van der Waals surface area contributed by atoms with E-state index in [4.69, 9.17) is 11.5 Å². The van der Waals surface area contributed by atoms with E-state index in [0.29, 0.717) is 11.4 Å². The van der Waals surface area contributed by atoms with Gasteiger partial charge in [-0.2, -0.15) is 0 Å². The molecule has 0 amide bonds. The Balaban J connectivity index is 4.33. The lowest BCUT2D eigenvalue weighted by molar-refractivity contribution is 1.27. The van der Waals surface area contributed by atoms with Crippen LogP contribution in [0.5, 0.6) is 0 Å². The van der Waals surface area contributed by atoms with Crippen molar-refractivity contribution in [3.8, 4) is 0 Å². The molecule has 0 aromatic rings. The molecule has 0 heterocycles. The van der Waals surface area contributed by atoms with E-state index in [0.717, 1.165) is 0 Å². The van der Waals surface area contributed by atoms with E-state index in [2.05, 4.69) is 0 Å². The molecule has 10 heavy (non-hydrogen) atoms. The molecule has 0 unspecified atom stereocenters. The van der Waals surface area contributed by atoms with Crippen LogP contribution in [0.2, 0.25) is 0 Å². The third-order valence-corrected chi connectivity index (χ3v) is 1.03. The number of hydrogen-bond donors (Lipinski definition) is 2. The maximum atomic E-state index is 5.53. The Hall–Kier alpha value is -1.18. The zero-order valence-corrected chi connectivity index (χ0v) is 6.46. The lowest BCUT2D eigenvalue weighted by atomic mass is 10.3. The first-order valence-electron chi connectivity index (χ1n) is 3.23. The molecule has 0 radical (unpaired) electrons. The molecule has 4 N–H and O–H groups in total. The van der Waals surface area contributed by atoms with E-state index in [-0.39, 0.29) is 0 Å². The summed E-state index contributed by atoms with van der Waals surface area (Å²) in [5, 5.41) is 0. The van der Waals surface area contributed by atoms with E-state index >= 15 is 0 Å². The van der Waals surface area contributed by atoms with Crippen LogP contribution in [0.1, 0.15) is 13.8 Å². The van der Waals surface area contributed by atoms with Crippen LogP contribution in [0, 0.1) is 0 Å². The molecule has 0 aromatic heterocycles. The van der Waals surface area contributed by atoms with Crippen molar-refractivity contribution in [2.45, 2.75) is 13.8 Å². The Bertz CT molecular complexity index is 156. The maximum Gasteiger partial charge on any atom is 0.0544 e. The Morgan fingerprint density at radius 1 is 0.900 bits per heavy atom. The van der Waals surface area contributed by atoms with Crippen molar-refractivity contribution < 1.29 is 0 Å². The van der Waals surface area contributed by atoms with E-state index < -0.39 is 0 Å². The summed E-state index contributed by atoms with van der Waals surface area (Å²) >= 11 is 0. The first-order chi connectivity index (χ1) is 4.72. The van der Waals surface area contributed by atoms with Crippen molar-refractivity contribution in [2.75, 3.05) is 0 Å². The highest BCUT2D eigenvalue weighted by molar-refractivity contribution is 5.27. The van der Waals surface area contributed by atoms with Crippen molar-refractivity contribution in [3.05, 3.63) is 35.7 Å². The Morgan fingerprint density at radius 2 is 1.20 bits per heavy atom. The Morgan fingerprint density at radius 3 is 1.40 bits per heavy atom. The summed E-state index contributed by atoms with van der Waals surface area (Å²) in [6.07, 6.45) is 7.25. The molecule has 2 heteroatoms. The SMILES string of the molecule is C\C=C/C(N)=C(N)\C=C/C. The van der Waals surface area contributed by atoms with Crippen LogP contribution < -0.4 is 11.5 Å². The Kier molecular flexibility index (Phi) is 4.12. The maximum absolute atomic E-state index is 5.53. The highest BCUT2D eigenvalue weighted by atomic mass is 14.7. The molecule has 0 atom stereocenters. The summed E-state index contributed by atoms with van der Waals surface area (Å²) in [5.74, 6) is 0. The second-order valence-corrected chi connectivity index (χ2v) is 1.91. The minimum Gasteiger partial charge on any atom is -0.397 e. The molecule has 0 saturated carbocycles. The topological polar surface area (TPSA) is 52.0 Å². The minimum atomic E-state index is 0.612. The van der Waals surface area contributed by atoms with Crippen LogP contribution in [-0.2, 0) is 0 Å². The monoisotopic (exact) mass is 138 g/mol. The van der Waals surface area contributed by atoms with Gasteiger partial charge in [0.25, 0.3) is 0 Å². The summed E-state index contributed by atoms with van der Waals surface area (Å²) in [4.78, 5) is 0. The van der Waals surface area contributed by atoms with Gasteiger partial charge in [-0.25, -0.2) is 0 Å². The quantitative estimate of drug-likeness (QED) is 0.564. The van der Waals surface area contributed by atoms with Crippen molar-refractivity contribution in [1.29, 1.82) is 0 Å². The summed E-state index contributed by atoms with van der Waals surface area (Å²) in [7, 11) is 0. The largest absolute Gasteiger partial charge is 0.397 e. The summed E-state index contributed by atoms with van der Waals surface area (Å²) in [6, 6.07) is 0. The summed E-state index contributed by atoms with van der Waals surface area (Å²) < 4.78 is 0. The molecule has 0 bridgehead atoms. The molecule has 0 aliphatic rings. The standard InChI is InChI=1S/C8H14N2/c1-3-5-7(9)8(10)6-4-2/h3-6H,9-10H2,1-2H3/b5-3-,6-4-,8-7-. The van der Waals surface area contributed by atoms with Gasteiger partial charge in [-0.15, -0.1) is 0 Å². The van der Waals surface area contributed by atoms with E-state index in [1.54, 1.807) is 12.2 Å². The van der Waals surface area contributed by atoms with Crippen molar-refractivity contribution in [2.24, 2.45) is 11.5 Å². The zero-order chi connectivity index (χ0) is 7.98. The fourth-order valence-electron chi connectivity index (χ4n) is 0.552. The van der Waals surface area contributed by atoms with Crippen LogP contribution in [0.25, 0.3) is 0 Å². The van der Waals surface area contributed by atoms with Crippen LogP contribution in [0.3, 0.4) is 0 Å². The number of hydrogen-bond acceptors (Lipinski definition) is 2. The smallest absolute Gasteiger partial charge is 0.0544 e. The normalized spacial score (nSPS) is 14.6. The van der Waals surface area contributed by atoms with E-state index in [1.807, 2.05) is 26.0 Å². The molecule has 56 valence electrons. The van der Waals surface area contributed by atoms with Gasteiger partial charge < -0.3 is 11.5 Å². The third kappa shape index (κ3) is 2.97. The summed E-state index contributed by atoms with van der Waals surface area (Å²) in [5.41, 5.74) is 12.3. The van der Waals surface area contributed by atoms with Crippen LogP contribution >= 0.6 is 0 Å². The molecule has 0 rings (SSSR count). The van der Waals surface area contributed by atoms with E-state index in [9.17, 15) is 0 Å². The zero-order valence-electron chi connectivity index (χ0n) is 6.46. The second kappa shape index (κ2) is 4.68. The average Bonchev–Trinajstić information content (AvgIpc) is 1.89. The van der Waals surface area contributed by atoms with E-state index in [1.165, 1.54) is 0 Å². The van der Waals surface area contributed by atoms with Crippen molar-refractivity contribution in [3.63, 3.8) is 0 Å². The molecule has 0 fully saturated rings. The average molecular weight is 138 g/mol. The predicted molar refractivity (Wildman–Crippen MR) is 45.0 cm³/mol. The highest BCUT2D eigenvalue weighted by Gasteiger charge is 1.86. The van der Waals surface area contributed by atoms with Gasteiger partial charge in [0, 0.05) is 0 Å². The molecule has 0 aliphatic carbocycles. The van der Waals surface area contributed by atoms with Gasteiger partial charge in [-0.3, -0.25) is 0 Å². The molecule has 0 aromatic carbocycles. The van der Waals surface area contributed by atoms with Gasteiger partial charge >= 0.3 is 0 Å². The van der Waals surface area contributed by atoms with Crippen LogP contribution in [0.4, 0.5) is 0 Å². The van der Waals surface area contributed by atoms with Gasteiger partial charge in [-0.05, 0) is 26.0 Å². The minimum absolute atomic E-state index is 0.612. The van der Waals surface area contributed by atoms with Crippen LogP contribution in [-0.4, -0.2) is 0 Å². The van der Waals surface area contributed by atoms with Crippen LogP contribution in [0.15, 0.2) is 35.7 Å². The molecule has 2 nitrogen and oxygen atoms in total. The molecule has 0 saturated heterocycles. The number of allylic oxidation sites excluding steroid dienone is 4. The second-order valence-electron chi connectivity index (χ2n) is 1.91. The lowest BCUT2D eigenvalue weighted by Gasteiger charge is -1.95. The predicted octanol–water partition coefficient (Wildman–Crippen LogP) is 1.27. The fourth-order valence-corrected chi connectivity index (χ4v) is 0.552. The summed E-state index contributed by atoms with van der Waals surface area (Å²) in [6.45, 7) is 3.80. The number of rotatable bonds is 2. The van der Waals surface area contributed by atoms with Gasteiger partial charge in [0.05, 0.1) is 11.4 Å². The van der Waals surface area contributed by atoms with Gasteiger partial charge in [-0.1, -0.05) is 12.2 Å². The molecule has 0 aliphatic heterocycles. The van der Waals surface area contributed by atoms with Gasteiger partial charge in [0.1, 0.15) is 0 Å².